The number of amides is 1. The van der Waals surface area contributed by atoms with Crippen molar-refractivity contribution in [2.24, 2.45) is 0 Å². The van der Waals surface area contributed by atoms with Gasteiger partial charge in [0.05, 0.1) is 21.7 Å². The standard InChI is InChI=1S/C25H19BrN2O4/c1-16-2-9-21(10-3-16)28-24(29)15-32-23-11-4-17(13-22(23)26)12-20(14-27)18-5-7-19(8-6-18)25(30)31/h2-13H,15H2,1H3,(H,28,29)(H,30,31)/b20-12+. The Kier molecular flexibility index (Phi) is 7.42. The molecule has 0 unspecified atom stereocenters. The molecule has 3 aromatic carbocycles. The highest BCUT2D eigenvalue weighted by atomic mass is 79.9. The number of carboxylic acid groups (broad SMARTS) is 1. The van der Waals surface area contributed by atoms with E-state index < -0.39 is 5.97 Å². The Morgan fingerprint density at radius 3 is 2.31 bits per heavy atom. The van der Waals surface area contributed by atoms with Crippen molar-refractivity contribution in [1.82, 2.24) is 0 Å². The molecule has 0 spiro atoms. The summed E-state index contributed by atoms with van der Waals surface area (Å²) in [7, 11) is 0. The van der Waals surface area contributed by atoms with Crippen molar-refractivity contribution >= 4 is 45.1 Å². The fourth-order valence-corrected chi connectivity index (χ4v) is 3.35. The first-order valence-electron chi connectivity index (χ1n) is 9.60. The number of halogens is 1. The van der Waals surface area contributed by atoms with Gasteiger partial charge in [-0.3, -0.25) is 4.79 Å². The van der Waals surface area contributed by atoms with Gasteiger partial charge in [-0.15, -0.1) is 0 Å². The van der Waals surface area contributed by atoms with Crippen LogP contribution in [-0.2, 0) is 4.79 Å². The molecule has 0 radical (unpaired) electrons. The van der Waals surface area contributed by atoms with Gasteiger partial charge in [-0.1, -0.05) is 35.9 Å². The van der Waals surface area contributed by atoms with Crippen LogP contribution in [0.1, 0.15) is 27.0 Å². The second kappa shape index (κ2) is 10.4. The molecule has 0 saturated heterocycles. The Labute approximate surface area is 193 Å². The van der Waals surface area contributed by atoms with E-state index in [2.05, 4.69) is 27.3 Å². The summed E-state index contributed by atoms with van der Waals surface area (Å²) in [6.07, 6.45) is 1.69. The minimum Gasteiger partial charge on any atom is -0.483 e. The summed E-state index contributed by atoms with van der Waals surface area (Å²) in [4.78, 5) is 23.1. The Morgan fingerprint density at radius 1 is 1.06 bits per heavy atom. The van der Waals surface area contributed by atoms with E-state index in [9.17, 15) is 14.9 Å². The average molecular weight is 491 g/mol. The second-order valence-electron chi connectivity index (χ2n) is 6.95. The number of allylic oxidation sites excluding steroid dienone is 1. The van der Waals surface area contributed by atoms with Crippen molar-refractivity contribution < 1.29 is 19.4 Å². The molecule has 0 aliphatic rings. The number of anilines is 1. The fraction of sp³-hybridized carbons (Fsp3) is 0.0800. The number of nitrogens with one attached hydrogen (secondary N) is 1. The maximum atomic E-state index is 12.1. The molecule has 160 valence electrons. The number of nitriles is 1. The minimum atomic E-state index is -1.02. The number of nitrogens with zero attached hydrogens (tertiary/aromatic N) is 1. The predicted octanol–water partition coefficient (Wildman–Crippen LogP) is 5.54. The lowest BCUT2D eigenvalue weighted by molar-refractivity contribution is -0.118. The van der Waals surface area contributed by atoms with Crippen LogP contribution in [-0.4, -0.2) is 23.6 Å². The number of carbonyl (C=O) groups excluding carboxylic acids is 1. The van der Waals surface area contributed by atoms with Gasteiger partial charge in [-0.2, -0.15) is 5.26 Å². The van der Waals surface area contributed by atoms with Crippen LogP contribution in [0.3, 0.4) is 0 Å². The third-order valence-corrected chi connectivity index (χ3v) is 5.14. The quantitative estimate of drug-likeness (QED) is 0.334. The van der Waals surface area contributed by atoms with E-state index in [-0.39, 0.29) is 18.1 Å². The molecule has 0 saturated carbocycles. The van der Waals surface area contributed by atoms with Gasteiger partial charge in [0.2, 0.25) is 0 Å². The van der Waals surface area contributed by atoms with Gasteiger partial charge in [0.1, 0.15) is 5.75 Å². The lowest BCUT2D eigenvalue weighted by Gasteiger charge is -2.10. The molecule has 0 aromatic heterocycles. The van der Waals surface area contributed by atoms with Crippen LogP contribution in [0.2, 0.25) is 0 Å². The smallest absolute Gasteiger partial charge is 0.335 e. The van der Waals surface area contributed by atoms with Gasteiger partial charge in [-0.05, 0) is 76.5 Å². The van der Waals surface area contributed by atoms with Gasteiger partial charge < -0.3 is 15.2 Å². The normalized spacial score (nSPS) is 10.8. The number of rotatable bonds is 7. The number of ether oxygens (including phenoxy) is 1. The summed E-state index contributed by atoms with van der Waals surface area (Å²) in [6.45, 7) is 1.82. The first-order valence-corrected chi connectivity index (χ1v) is 10.4. The lowest BCUT2D eigenvalue weighted by atomic mass is 10.0. The average Bonchev–Trinajstić information content (AvgIpc) is 2.78. The van der Waals surface area contributed by atoms with Gasteiger partial charge in [0.15, 0.2) is 6.61 Å². The molecule has 7 heteroatoms. The molecule has 3 rings (SSSR count). The molecule has 1 amide bonds. The summed E-state index contributed by atoms with van der Waals surface area (Å²) >= 11 is 3.43. The molecule has 6 nitrogen and oxygen atoms in total. The minimum absolute atomic E-state index is 0.152. The number of carboxylic acids is 1. The van der Waals surface area contributed by atoms with Crippen LogP contribution in [0.25, 0.3) is 11.6 Å². The molecule has 0 aliphatic heterocycles. The first-order chi connectivity index (χ1) is 15.4. The van der Waals surface area contributed by atoms with E-state index >= 15 is 0 Å². The summed E-state index contributed by atoms with van der Waals surface area (Å²) in [5.74, 6) is -0.807. The van der Waals surface area contributed by atoms with Crippen molar-refractivity contribution in [1.29, 1.82) is 5.26 Å². The van der Waals surface area contributed by atoms with Crippen molar-refractivity contribution in [3.8, 4) is 11.8 Å². The number of hydrogen-bond acceptors (Lipinski definition) is 4. The van der Waals surface area contributed by atoms with E-state index in [1.165, 1.54) is 12.1 Å². The first kappa shape index (κ1) is 22.8. The third-order valence-electron chi connectivity index (χ3n) is 4.52. The molecule has 0 atom stereocenters. The zero-order chi connectivity index (χ0) is 23.1. The number of aromatic carboxylic acids is 1. The van der Waals surface area contributed by atoms with Crippen molar-refractivity contribution in [3.05, 3.63) is 93.5 Å². The number of carbonyl (C=O) groups is 2. The summed E-state index contributed by atoms with van der Waals surface area (Å²) in [5.41, 5.74) is 3.70. The van der Waals surface area contributed by atoms with Crippen LogP contribution in [0.15, 0.2) is 71.2 Å². The fourth-order valence-electron chi connectivity index (χ4n) is 2.84. The predicted molar refractivity (Wildman–Crippen MR) is 126 cm³/mol. The van der Waals surface area contributed by atoms with E-state index in [0.717, 1.165) is 11.1 Å². The number of hydrogen-bond donors (Lipinski definition) is 2. The van der Waals surface area contributed by atoms with E-state index in [1.54, 1.807) is 36.4 Å². The summed E-state index contributed by atoms with van der Waals surface area (Å²) in [5, 5.41) is 21.3. The lowest BCUT2D eigenvalue weighted by Crippen LogP contribution is -2.20. The SMILES string of the molecule is Cc1ccc(NC(=O)COc2ccc(/C=C(\C#N)c3ccc(C(=O)O)cc3)cc2Br)cc1. The highest BCUT2D eigenvalue weighted by Crippen LogP contribution is 2.28. The Hall–Kier alpha value is -3.89. The molecule has 0 bridgehead atoms. The van der Waals surface area contributed by atoms with Crippen LogP contribution in [0, 0.1) is 18.3 Å². The zero-order valence-corrected chi connectivity index (χ0v) is 18.7. The molecule has 0 fully saturated rings. The molecule has 32 heavy (non-hydrogen) atoms. The maximum absolute atomic E-state index is 12.1. The van der Waals surface area contributed by atoms with Crippen molar-refractivity contribution in [3.63, 3.8) is 0 Å². The van der Waals surface area contributed by atoms with Crippen LogP contribution in [0.4, 0.5) is 5.69 Å². The summed E-state index contributed by atoms with van der Waals surface area (Å²) in [6, 6.07) is 21.0. The topological polar surface area (TPSA) is 99.4 Å². The Morgan fingerprint density at radius 2 is 1.72 bits per heavy atom. The zero-order valence-electron chi connectivity index (χ0n) is 17.1. The van der Waals surface area contributed by atoms with E-state index in [4.69, 9.17) is 9.84 Å². The highest BCUT2D eigenvalue weighted by Gasteiger charge is 2.09. The van der Waals surface area contributed by atoms with Gasteiger partial charge in [-0.25, -0.2) is 4.79 Å². The second-order valence-corrected chi connectivity index (χ2v) is 7.80. The van der Waals surface area contributed by atoms with Gasteiger partial charge in [0, 0.05) is 5.69 Å². The van der Waals surface area contributed by atoms with Gasteiger partial charge >= 0.3 is 5.97 Å². The van der Waals surface area contributed by atoms with Crippen molar-refractivity contribution in [2.45, 2.75) is 6.92 Å². The van der Waals surface area contributed by atoms with Crippen molar-refractivity contribution in [2.75, 3.05) is 11.9 Å². The maximum Gasteiger partial charge on any atom is 0.335 e. The van der Waals surface area contributed by atoms with E-state index in [1.807, 2.05) is 31.2 Å². The molecule has 0 aliphatic carbocycles. The molecule has 0 heterocycles. The van der Waals surface area contributed by atoms with Crippen LogP contribution < -0.4 is 10.1 Å². The largest absolute Gasteiger partial charge is 0.483 e. The Bertz CT molecular complexity index is 1210. The number of benzene rings is 3. The molecular formula is C25H19BrN2O4. The molecular weight excluding hydrogens is 472 g/mol. The summed E-state index contributed by atoms with van der Waals surface area (Å²) < 4.78 is 6.23. The van der Waals surface area contributed by atoms with E-state index in [0.29, 0.717) is 27.0 Å². The van der Waals surface area contributed by atoms with Gasteiger partial charge in [0.25, 0.3) is 5.91 Å². The molecule has 3 aromatic rings. The highest BCUT2D eigenvalue weighted by molar-refractivity contribution is 9.10. The van der Waals surface area contributed by atoms with Crippen LogP contribution >= 0.6 is 15.9 Å². The van der Waals surface area contributed by atoms with Crippen LogP contribution in [0.5, 0.6) is 5.75 Å². The number of aryl methyl sites for hydroxylation is 1. The monoisotopic (exact) mass is 490 g/mol. The third kappa shape index (κ3) is 6.06. The Balaban J connectivity index is 1.67. The molecule has 2 N–H and O–H groups in total.